The van der Waals surface area contributed by atoms with Crippen molar-refractivity contribution in [3.8, 4) is 0 Å². The van der Waals surface area contributed by atoms with E-state index in [0.717, 1.165) is 16.7 Å². The Hall–Kier alpha value is -1.57. The fourth-order valence-electron chi connectivity index (χ4n) is 2.28. The van der Waals surface area contributed by atoms with Crippen LogP contribution < -0.4 is 0 Å². The van der Waals surface area contributed by atoms with Gasteiger partial charge in [-0.2, -0.15) is 0 Å². The van der Waals surface area contributed by atoms with Gasteiger partial charge in [-0.15, -0.1) is 0 Å². The lowest BCUT2D eigenvalue weighted by molar-refractivity contribution is 0.0535. The Labute approximate surface area is 88.6 Å². The molecule has 0 amide bonds. The van der Waals surface area contributed by atoms with E-state index in [-0.39, 0.29) is 5.97 Å². The third-order valence-corrected chi connectivity index (χ3v) is 3.16. The second-order valence-electron chi connectivity index (χ2n) is 4.15. The molecule has 2 heteroatoms. The summed E-state index contributed by atoms with van der Waals surface area (Å²) in [6.45, 7) is 4.27. The molecule has 0 aromatic heterocycles. The molecule has 1 saturated carbocycles. The van der Waals surface area contributed by atoms with E-state index in [0.29, 0.717) is 12.5 Å². The van der Waals surface area contributed by atoms with Crippen LogP contribution in [0.4, 0.5) is 0 Å². The number of carbonyl (C=O) groups excluding carboxylic acids is 1. The SMILES string of the molecule is C=Cc1ccc2c(c1C1CC1)COC2=O. The third-order valence-electron chi connectivity index (χ3n) is 3.16. The second-order valence-corrected chi connectivity index (χ2v) is 4.15. The van der Waals surface area contributed by atoms with Crippen LogP contribution in [0.5, 0.6) is 0 Å². The molecule has 1 fully saturated rings. The molecule has 1 heterocycles. The predicted molar refractivity (Wildman–Crippen MR) is 57.6 cm³/mol. The molecule has 0 N–H and O–H groups in total. The van der Waals surface area contributed by atoms with Crippen LogP contribution in [-0.4, -0.2) is 5.97 Å². The largest absolute Gasteiger partial charge is 0.457 e. The first kappa shape index (κ1) is 8.72. The van der Waals surface area contributed by atoms with Crippen LogP contribution in [0.25, 0.3) is 6.08 Å². The number of esters is 1. The lowest BCUT2D eigenvalue weighted by Crippen LogP contribution is -1.97. The zero-order valence-corrected chi connectivity index (χ0v) is 8.45. The summed E-state index contributed by atoms with van der Waals surface area (Å²) >= 11 is 0. The Balaban J connectivity index is 2.23. The van der Waals surface area contributed by atoms with Crippen molar-refractivity contribution >= 4 is 12.0 Å². The zero-order valence-electron chi connectivity index (χ0n) is 8.45. The molecule has 1 aliphatic carbocycles. The maximum Gasteiger partial charge on any atom is 0.338 e. The van der Waals surface area contributed by atoms with Crippen LogP contribution in [0.1, 0.15) is 45.8 Å². The van der Waals surface area contributed by atoms with Crippen molar-refractivity contribution in [2.75, 3.05) is 0 Å². The van der Waals surface area contributed by atoms with E-state index < -0.39 is 0 Å². The highest BCUT2D eigenvalue weighted by molar-refractivity contribution is 5.94. The van der Waals surface area contributed by atoms with Gasteiger partial charge in [0.05, 0.1) is 5.56 Å². The van der Waals surface area contributed by atoms with Gasteiger partial charge in [0.25, 0.3) is 0 Å². The van der Waals surface area contributed by atoms with Crippen molar-refractivity contribution in [2.45, 2.75) is 25.4 Å². The van der Waals surface area contributed by atoms with Gasteiger partial charge in [-0.25, -0.2) is 4.79 Å². The molecular formula is C13H12O2. The minimum Gasteiger partial charge on any atom is -0.457 e. The number of rotatable bonds is 2. The maximum absolute atomic E-state index is 11.4. The Morgan fingerprint density at radius 1 is 1.40 bits per heavy atom. The molecule has 1 aromatic rings. The van der Waals surface area contributed by atoms with E-state index in [4.69, 9.17) is 4.74 Å². The van der Waals surface area contributed by atoms with Gasteiger partial charge < -0.3 is 4.74 Å². The minimum absolute atomic E-state index is 0.178. The van der Waals surface area contributed by atoms with E-state index in [1.807, 2.05) is 18.2 Å². The van der Waals surface area contributed by atoms with Crippen LogP contribution in [0.15, 0.2) is 18.7 Å². The summed E-state index contributed by atoms with van der Waals surface area (Å²) in [6, 6.07) is 3.83. The standard InChI is InChI=1S/C13H12O2/c1-2-8-5-6-10-11(7-15-13(10)14)12(8)9-3-4-9/h2,5-6,9H,1,3-4,7H2. The van der Waals surface area contributed by atoms with Crippen molar-refractivity contribution in [3.63, 3.8) is 0 Å². The molecule has 2 aliphatic rings. The van der Waals surface area contributed by atoms with Gasteiger partial charge in [-0.1, -0.05) is 18.7 Å². The molecule has 0 atom stereocenters. The normalized spacial score (nSPS) is 18.5. The van der Waals surface area contributed by atoms with Crippen molar-refractivity contribution in [2.24, 2.45) is 0 Å². The van der Waals surface area contributed by atoms with E-state index in [9.17, 15) is 4.79 Å². The highest BCUT2D eigenvalue weighted by Gasteiger charge is 2.33. The molecule has 1 aromatic carbocycles. The summed E-state index contributed by atoms with van der Waals surface area (Å²) < 4.78 is 5.07. The molecule has 1 aliphatic heterocycles. The number of hydrogen-bond donors (Lipinski definition) is 0. The summed E-state index contributed by atoms with van der Waals surface area (Å²) in [4.78, 5) is 11.4. The summed E-state index contributed by atoms with van der Waals surface area (Å²) in [5.41, 5.74) is 4.31. The number of hydrogen-bond acceptors (Lipinski definition) is 2. The highest BCUT2D eigenvalue weighted by Crippen LogP contribution is 2.45. The average molecular weight is 200 g/mol. The maximum atomic E-state index is 11.4. The van der Waals surface area contributed by atoms with Gasteiger partial charge in [0, 0.05) is 5.56 Å². The smallest absolute Gasteiger partial charge is 0.338 e. The Bertz CT molecular complexity index is 456. The first-order valence-electron chi connectivity index (χ1n) is 5.26. The monoisotopic (exact) mass is 200 g/mol. The third kappa shape index (κ3) is 1.21. The van der Waals surface area contributed by atoms with Gasteiger partial charge in [0.1, 0.15) is 6.61 Å². The van der Waals surface area contributed by atoms with Gasteiger partial charge in [-0.3, -0.25) is 0 Å². The summed E-state index contributed by atoms with van der Waals surface area (Å²) in [7, 11) is 0. The fraction of sp³-hybridized carbons (Fsp3) is 0.308. The summed E-state index contributed by atoms with van der Waals surface area (Å²) in [5, 5.41) is 0. The molecule has 0 radical (unpaired) electrons. The quantitative estimate of drug-likeness (QED) is 0.686. The molecule has 15 heavy (non-hydrogen) atoms. The molecule has 0 saturated heterocycles. The molecule has 76 valence electrons. The highest BCUT2D eigenvalue weighted by atomic mass is 16.5. The number of carbonyl (C=O) groups is 1. The lowest BCUT2D eigenvalue weighted by atomic mass is 9.94. The Morgan fingerprint density at radius 2 is 2.20 bits per heavy atom. The summed E-state index contributed by atoms with van der Waals surface area (Å²) in [5.74, 6) is 0.449. The Morgan fingerprint density at radius 3 is 2.87 bits per heavy atom. The first-order chi connectivity index (χ1) is 7.31. The molecule has 3 rings (SSSR count). The van der Waals surface area contributed by atoms with Gasteiger partial charge in [0.15, 0.2) is 0 Å². The van der Waals surface area contributed by atoms with E-state index in [2.05, 4.69) is 6.58 Å². The van der Waals surface area contributed by atoms with Crippen molar-refractivity contribution in [1.82, 2.24) is 0 Å². The van der Waals surface area contributed by atoms with E-state index in [1.165, 1.54) is 18.4 Å². The number of cyclic esters (lactones) is 1. The predicted octanol–water partition coefficient (Wildman–Crippen LogP) is 2.88. The van der Waals surface area contributed by atoms with Crippen LogP contribution >= 0.6 is 0 Å². The van der Waals surface area contributed by atoms with Crippen molar-refractivity contribution in [1.29, 1.82) is 0 Å². The fourth-order valence-corrected chi connectivity index (χ4v) is 2.28. The van der Waals surface area contributed by atoms with E-state index >= 15 is 0 Å². The molecular weight excluding hydrogens is 188 g/mol. The Kier molecular flexibility index (Phi) is 1.72. The van der Waals surface area contributed by atoms with Crippen molar-refractivity contribution < 1.29 is 9.53 Å². The zero-order chi connectivity index (χ0) is 10.4. The van der Waals surface area contributed by atoms with Gasteiger partial charge in [-0.05, 0) is 36.0 Å². The van der Waals surface area contributed by atoms with Crippen LogP contribution in [0.2, 0.25) is 0 Å². The van der Waals surface area contributed by atoms with E-state index in [1.54, 1.807) is 0 Å². The van der Waals surface area contributed by atoms with Crippen LogP contribution in [-0.2, 0) is 11.3 Å². The van der Waals surface area contributed by atoms with Crippen LogP contribution in [0.3, 0.4) is 0 Å². The van der Waals surface area contributed by atoms with Crippen molar-refractivity contribution in [3.05, 3.63) is 41.0 Å². The lowest BCUT2D eigenvalue weighted by Gasteiger charge is -2.08. The molecule has 0 spiro atoms. The first-order valence-corrected chi connectivity index (χ1v) is 5.26. The summed E-state index contributed by atoms with van der Waals surface area (Å²) in [6.07, 6.45) is 4.33. The minimum atomic E-state index is -0.178. The topological polar surface area (TPSA) is 26.3 Å². The molecule has 0 unspecified atom stereocenters. The van der Waals surface area contributed by atoms with Crippen LogP contribution in [0, 0.1) is 0 Å². The molecule has 0 bridgehead atoms. The number of ether oxygens (including phenoxy) is 1. The number of fused-ring (bicyclic) bond motifs is 1. The average Bonchev–Trinajstić information content (AvgIpc) is 3.02. The van der Waals surface area contributed by atoms with Gasteiger partial charge >= 0.3 is 5.97 Å². The number of benzene rings is 1. The van der Waals surface area contributed by atoms with Gasteiger partial charge in [0.2, 0.25) is 0 Å². The molecule has 2 nitrogen and oxygen atoms in total. The second kappa shape index (κ2) is 2.96.